The van der Waals surface area contributed by atoms with Crippen LogP contribution in [0.2, 0.25) is 0 Å². The molecule has 1 fully saturated rings. The van der Waals surface area contributed by atoms with Crippen LogP contribution < -0.4 is 5.32 Å². The second-order valence-electron chi connectivity index (χ2n) is 7.78. The molecule has 0 bridgehead atoms. The number of ether oxygens (including phenoxy) is 1. The highest BCUT2D eigenvalue weighted by Gasteiger charge is 2.26. The fourth-order valence-corrected chi connectivity index (χ4v) is 3.30. The van der Waals surface area contributed by atoms with Gasteiger partial charge in [-0.15, -0.1) is 0 Å². The Hall–Kier alpha value is -1.84. The maximum atomic E-state index is 12.3. The number of carbonyl (C=O) groups is 2. The number of alkyl carbamates (subject to hydrolysis) is 1. The van der Waals surface area contributed by atoms with Crippen LogP contribution in [-0.4, -0.2) is 23.5 Å². The number of rotatable bonds is 5. The molecule has 0 heterocycles. The van der Waals surface area contributed by atoms with Gasteiger partial charge in [0.2, 0.25) is 0 Å². The number of Topliss-reactive ketones (excluding diaryl/α,β-unsaturated/α-hetero) is 1. The van der Waals surface area contributed by atoms with Crippen molar-refractivity contribution in [1.82, 2.24) is 5.32 Å². The molecular formula is C20H29NO3. The van der Waals surface area contributed by atoms with E-state index in [0.717, 1.165) is 31.2 Å². The van der Waals surface area contributed by atoms with Crippen molar-refractivity contribution in [2.24, 2.45) is 5.92 Å². The van der Waals surface area contributed by atoms with E-state index in [9.17, 15) is 9.59 Å². The van der Waals surface area contributed by atoms with Crippen molar-refractivity contribution in [3.63, 3.8) is 0 Å². The molecule has 0 spiro atoms. The monoisotopic (exact) mass is 331 g/mol. The molecule has 1 aromatic carbocycles. The van der Waals surface area contributed by atoms with Crippen molar-refractivity contribution >= 4 is 11.9 Å². The number of nitrogens with one attached hydrogen (secondary N) is 1. The molecule has 0 radical (unpaired) electrons. The number of ketones is 1. The average molecular weight is 331 g/mol. The minimum Gasteiger partial charge on any atom is -0.444 e. The molecule has 1 N–H and O–H groups in total. The first kappa shape index (κ1) is 18.5. The molecule has 2 atom stereocenters. The molecular weight excluding hydrogens is 302 g/mol. The lowest BCUT2D eigenvalue weighted by Gasteiger charge is -2.30. The standard InChI is InChI=1S/C20H29NO3/c1-20(2,3)24-19(23)21-17-11-7-10-16(12-17)14-18(22)13-15-8-5-4-6-9-15/h4-6,8-9,16-17H,7,10-14H2,1-3H3,(H,21,23). The lowest BCUT2D eigenvalue weighted by molar-refractivity contribution is -0.119. The van der Waals surface area contributed by atoms with Gasteiger partial charge in [0.15, 0.2) is 0 Å². The third-order valence-electron chi connectivity index (χ3n) is 4.26. The highest BCUT2D eigenvalue weighted by atomic mass is 16.6. The Morgan fingerprint density at radius 1 is 1.17 bits per heavy atom. The summed E-state index contributed by atoms with van der Waals surface area (Å²) in [5, 5.41) is 2.96. The third-order valence-corrected chi connectivity index (χ3v) is 4.26. The average Bonchev–Trinajstić information content (AvgIpc) is 2.46. The Morgan fingerprint density at radius 2 is 1.88 bits per heavy atom. The van der Waals surface area contributed by atoms with Crippen LogP contribution in [0.4, 0.5) is 4.79 Å². The van der Waals surface area contributed by atoms with Crippen LogP contribution in [0.5, 0.6) is 0 Å². The summed E-state index contributed by atoms with van der Waals surface area (Å²) < 4.78 is 5.32. The minimum atomic E-state index is -0.482. The molecule has 1 aromatic rings. The molecule has 132 valence electrons. The summed E-state index contributed by atoms with van der Waals surface area (Å²) in [4.78, 5) is 24.2. The summed E-state index contributed by atoms with van der Waals surface area (Å²) in [6.45, 7) is 5.58. The zero-order chi connectivity index (χ0) is 17.6. The van der Waals surface area contributed by atoms with E-state index >= 15 is 0 Å². The zero-order valence-electron chi connectivity index (χ0n) is 15.0. The number of carbonyl (C=O) groups excluding carboxylic acids is 2. The van der Waals surface area contributed by atoms with E-state index in [1.807, 2.05) is 51.1 Å². The smallest absolute Gasteiger partial charge is 0.407 e. The van der Waals surface area contributed by atoms with Crippen LogP contribution in [0.25, 0.3) is 0 Å². The lowest BCUT2D eigenvalue weighted by atomic mass is 9.82. The van der Waals surface area contributed by atoms with Gasteiger partial charge in [-0.25, -0.2) is 4.79 Å². The largest absolute Gasteiger partial charge is 0.444 e. The van der Waals surface area contributed by atoms with E-state index in [4.69, 9.17) is 4.74 Å². The number of hydrogen-bond acceptors (Lipinski definition) is 3. The van der Waals surface area contributed by atoms with Crippen LogP contribution in [-0.2, 0) is 16.0 Å². The molecule has 2 rings (SSSR count). The second-order valence-corrected chi connectivity index (χ2v) is 7.78. The Labute approximate surface area is 145 Å². The molecule has 1 amide bonds. The van der Waals surface area contributed by atoms with Gasteiger partial charge in [0, 0.05) is 18.9 Å². The van der Waals surface area contributed by atoms with Gasteiger partial charge < -0.3 is 10.1 Å². The summed E-state index contributed by atoms with van der Waals surface area (Å²) in [5.41, 5.74) is 0.589. The quantitative estimate of drug-likeness (QED) is 0.876. The fraction of sp³-hybridized carbons (Fsp3) is 0.600. The highest BCUT2D eigenvalue weighted by molar-refractivity contribution is 5.81. The number of amides is 1. The summed E-state index contributed by atoms with van der Waals surface area (Å²) in [6, 6.07) is 9.98. The molecule has 24 heavy (non-hydrogen) atoms. The summed E-state index contributed by atoms with van der Waals surface area (Å²) in [6.07, 6.45) is 4.67. The highest BCUT2D eigenvalue weighted by Crippen LogP contribution is 2.27. The molecule has 1 saturated carbocycles. The predicted molar refractivity (Wildman–Crippen MR) is 94.9 cm³/mol. The Kier molecular flexibility index (Phi) is 6.41. The first-order valence-electron chi connectivity index (χ1n) is 8.87. The number of benzene rings is 1. The van der Waals surface area contributed by atoms with Gasteiger partial charge in [-0.1, -0.05) is 36.8 Å². The topological polar surface area (TPSA) is 55.4 Å². The van der Waals surface area contributed by atoms with E-state index in [-0.39, 0.29) is 17.9 Å². The van der Waals surface area contributed by atoms with Gasteiger partial charge in [-0.3, -0.25) is 4.79 Å². The third kappa shape index (κ3) is 6.73. The van der Waals surface area contributed by atoms with Crippen molar-refractivity contribution in [2.45, 2.75) is 70.9 Å². The minimum absolute atomic E-state index is 0.114. The van der Waals surface area contributed by atoms with Gasteiger partial charge >= 0.3 is 6.09 Å². The van der Waals surface area contributed by atoms with E-state index in [1.54, 1.807) is 0 Å². The Morgan fingerprint density at radius 3 is 2.54 bits per heavy atom. The molecule has 1 aliphatic carbocycles. The lowest BCUT2D eigenvalue weighted by Crippen LogP contribution is -2.41. The Balaban J connectivity index is 1.78. The van der Waals surface area contributed by atoms with Crippen LogP contribution in [0.3, 0.4) is 0 Å². The molecule has 4 heteroatoms. The number of hydrogen-bond donors (Lipinski definition) is 1. The van der Waals surface area contributed by atoms with Gasteiger partial charge in [-0.05, 0) is 51.5 Å². The van der Waals surface area contributed by atoms with Crippen molar-refractivity contribution in [3.05, 3.63) is 35.9 Å². The van der Waals surface area contributed by atoms with Crippen molar-refractivity contribution in [3.8, 4) is 0 Å². The van der Waals surface area contributed by atoms with Crippen molar-refractivity contribution in [1.29, 1.82) is 0 Å². The Bertz CT molecular complexity index is 548. The van der Waals surface area contributed by atoms with Crippen LogP contribution in [0.1, 0.15) is 58.4 Å². The van der Waals surface area contributed by atoms with Gasteiger partial charge in [0.05, 0.1) is 0 Å². The maximum Gasteiger partial charge on any atom is 0.407 e. The van der Waals surface area contributed by atoms with E-state index < -0.39 is 5.60 Å². The fourth-order valence-electron chi connectivity index (χ4n) is 3.30. The molecule has 0 aliphatic heterocycles. The van der Waals surface area contributed by atoms with Gasteiger partial charge in [-0.2, -0.15) is 0 Å². The first-order valence-corrected chi connectivity index (χ1v) is 8.87. The van der Waals surface area contributed by atoms with Crippen LogP contribution in [0, 0.1) is 5.92 Å². The second kappa shape index (κ2) is 8.32. The van der Waals surface area contributed by atoms with E-state index in [1.165, 1.54) is 0 Å². The zero-order valence-corrected chi connectivity index (χ0v) is 15.0. The first-order chi connectivity index (χ1) is 11.3. The summed E-state index contributed by atoms with van der Waals surface area (Å²) in [7, 11) is 0. The molecule has 0 saturated heterocycles. The van der Waals surface area contributed by atoms with Crippen LogP contribution >= 0.6 is 0 Å². The molecule has 1 aliphatic rings. The predicted octanol–water partition coefficient (Wildman–Crippen LogP) is 4.27. The summed E-state index contributed by atoms with van der Waals surface area (Å²) >= 11 is 0. The van der Waals surface area contributed by atoms with Crippen LogP contribution in [0.15, 0.2) is 30.3 Å². The van der Waals surface area contributed by atoms with Crippen molar-refractivity contribution < 1.29 is 14.3 Å². The van der Waals surface area contributed by atoms with Gasteiger partial charge in [0.1, 0.15) is 11.4 Å². The van der Waals surface area contributed by atoms with E-state index in [0.29, 0.717) is 18.8 Å². The van der Waals surface area contributed by atoms with E-state index in [2.05, 4.69) is 5.32 Å². The summed E-state index contributed by atoms with van der Waals surface area (Å²) in [5.74, 6) is 0.638. The maximum absolute atomic E-state index is 12.3. The van der Waals surface area contributed by atoms with Gasteiger partial charge in [0.25, 0.3) is 0 Å². The molecule has 0 aromatic heterocycles. The normalized spacial score (nSPS) is 21.1. The van der Waals surface area contributed by atoms with Crippen molar-refractivity contribution in [2.75, 3.05) is 0 Å². The SMILES string of the molecule is CC(C)(C)OC(=O)NC1CCCC(CC(=O)Cc2ccccc2)C1. The molecule has 2 unspecified atom stereocenters. The molecule has 4 nitrogen and oxygen atoms in total.